The Morgan fingerprint density at radius 1 is 1.44 bits per heavy atom. The van der Waals surface area contributed by atoms with Crippen molar-refractivity contribution in [3.8, 4) is 0 Å². The van der Waals surface area contributed by atoms with E-state index in [9.17, 15) is 0 Å². The maximum atomic E-state index is 5.34. The van der Waals surface area contributed by atoms with Crippen LogP contribution in [0.25, 0.3) is 0 Å². The summed E-state index contributed by atoms with van der Waals surface area (Å²) in [5.74, 6) is 0.708. The van der Waals surface area contributed by atoms with Crippen molar-refractivity contribution in [3.63, 3.8) is 0 Å². The second-order valence-electron chi connectivity index (χ2n) is 4.10. The number of hydrogen-bond acceptors (Lipinski definition) is 4. The second-order valence-corrected chi connectivity index (χ2v) is 4.92. The highest BCUT2D eigenvalue weighted by Crippen LogP contribution is 2.19. The van der Waals surface area contributed by atoms with Crippen LogP contribution in [-0.2, 0) is 4.74 Å². The predicted octanol–water partition coefficient (Wildman–Crippen LogP) is 2.39. The average molecular weight is 286 g/mol. The molecule has 2 rings (SSSR count). The number of anilines is 1. The van der Waals surface area contributed by atoms with Crippen LogP contribution in [-0.4, -0.2) is 30.0 Å². The Labute approximate surface area is 104 Å². The van der Waals surface area contributed by atoms with Crippen LogP contribution in [0.5, 0.6) is 0 Å². The molecule has 4 nitrogen and oxygen atoms in total. The van der Waals surface area contributed by atoms with Crippen LogP contribution in [0.4, 0.5) is 5.69 Å². The molecule has 0 aromatic carbocycles. The summed E-state index contributed by atoms with van der Waals surface area (Å²) in [6.07, 6.45) is 2.29. The van der Waals surface area contributed by atoms with Crippen molar-refractivity contribution in [3.05, 3.63) is 16.4 Å². The minimum absolute atomic E-state index is 0.708. The van der Waals surface area contributed by atoms with Crippen molar-refractivity contribution >= 4 is 21.6 Å². The Kier molecular flexibility index (Phi) is 4.12. The van der Waals surface area contributed by atoms with Crippen LogP contribution >= 0.6 is 15.9 Å². The number of hydrogen-bond donors (Lipinski definition) is 1. The van der Waals surface area contributed by atoms with Crippen molar-refractivity contribution in [1.29, 1.82) is 0 Å². The Morgan fingerprint density at radius 3 is 2.94 bits per heavy atom. The zero-order valence-corrected chi connectivity index (χ0v) is 11.0. The quantitative estimate of drug-likeness (QED) is 0.926. The molecule has 1 aromatic heterocycles. The summed E-state index contributed by atoms with van der Waals surface area (Å²) >= 11 is 3.33. The van der Waals surface area contributed by atoms with Gasteiger partial charge in [-0.3, -0.25) is 0 Å². The van der Waals surface area contributed by atoms with Crippen LogP contribution in [0.15, 0.2) is 10.7 Å². The molecule has 0 aliphatic carbocycles. The van der Waals surface area contributed by atoms with Crippen LogP contribution in [0, 0.1) is 12.8 Å². The molecule has 0 amide bonds. The summed E-state index contributed by atoms with van der Waals surface area (Å²) in [7, 11) is 0. The highest BCUT2D eigenvalue weighted by molar-refractivity contribution is 9.10. The van der Waals surface area contributed by atoms with Crippen LogP contribution in [0.3, 0.4) is 0 Å². The molecule has 0 spiro atoms. The molecule has 1 aliphatic heterocycles. The number of nitrogens with one attached hydrogen (secondary N) is 1. The van der Waals surface area contributed by atoms with E-state index < -0.39 is 0 Å². The van der Waals surface area contributed by atoms with E-state index in [4.69, 9.17) is 4.74 Å². The molecule has 1 saturated heterocycles. The molecular weight excluding hydrogens is 270 g/mol. The van der Waals surface area contributed by atoms with Crippen LogP contribution in [0.2, 0.25) is 0 Å². The lowest BCUT2D eigenvalue weighted by atomic mass is 10.0. The SMILES string of the molecule is Cc1nnc(Br)cc1NCC1CCOCC1. The Morgan fingerprint density at radius 2 is 2.19 bits per heavy atom. The molecule has 5 heteroatoms. The van der Waals surface area contributed by atoms with Gasteiger partial charge in [0.15, 0.2) is 0 Å². The summed E-state index contributed by atoms with van der Waals surface area (Å²) in [6, 6.07) is 1.97. The van der Waals surface area contributed by atoms with Crippen LogP contribution < -0.4 is 5.32 Å². The fraction of sp³-hybridized carbons (Fsp3) is 0.636. The van der Waals surface area contributed by atoms with Gasteiger partial charge in [-0.2, -0.15) is 5.10 Å². The first-order valence-corrected chi connectivity index (χ1v) is 6.36. The van der Waals surface area contributed by atoms with Gasteiger partial charge in [-0.15, -0.1) is 5.10 Å². The average Bonchev–Trinajstić information content (AvgIpc) is 2.32. The van der Waals surface area contributed by atoms with Crippen molar-refractivity contribution in [2.75, 3.05) is 25.1 Å². The number of aromatic nitrogens is 2. The lowest BCUT2D eigenvalue weighted by molar-refractivity contribution is 0.0699. The number of rotatable bonds is 3. The zero-order valence-electron chi connectivity index (χ0n) is 9.37. The summed E-state index contributed by atoms with van der Waals surface area (Å²) in [6.45, 7) is 4.74. The zero-order chi connectivity index (χ0) is 11.4. The van der Waals surface area contributed by atoms with Gasteiger partial charge in [0.1, 0.15) is 4.60 Å². The normalized spacial score (nSPS) is 17.4. The van der Waals surface area contributed by atoms with Crippen molar-refractivity contribution in [1.82, 2.24) is 10.2 Å². The fourth-order valence-corrected chi connectivity index (χ4v) is 2.12. The third-order valence-electron chi connectivity index (χ3n) is 2.87. The largest absolute Gasteiger partial charge is 0.383 e. The maximum absolute atomic E-state index is 5.34. The predicted molar refractivity (Wildman–Crippen MR) is 66.5 cm³/mol. The molecule has 0 radical (unpaired) electrons. The number of halogens is 1. The molecule has 1 N–H and O–H groups in total. The van der Waals surface area contributed by atoms with E-state index in [-0.39, 0.29) is 0 Å². The van der Waals surface area contributed by atoms with E-state index in [1.807, 2.05) is 13.0 Å². The van der Waals surface area contributed by atoms with E-state index in [0.29, 0.717) is 5.92 Å². The lowest BCUT2D eigenvalue weighted by Gasteiger charge is -2.22. The number of ether oxygens (including phenoxy) is 1. The van der Waals surface area contributed by atoms with E-state index in [2.05, 4.69) is 31.4 Å². The third kappa shape index (κ3) is 3.15. The first kappa shape index (κ1) is 11.8. The molecule has 0 atom stereocenters. The molecule has 1 aliphatic rings. The van der Waals surface area contributed by atoms with Crippen molar-refractivity contribution in [2.24, 2.45) is 5.92 Å². The Hall–Kier alpha value is -0.680. The fourth-order valence-electron chi connectivity index (χ4n) is 1.81. The van der Waals surface area contributed by atoms with Gasteiger partial charge in [0.05, 0.1) is 11.4 Å². The molecule has 2 heterocycles. The van der Waals surface area contributed by atoms with Gasteiger partial charge >= 0.3 is 0 Å². The monoisotopic (exact) mass is 285 g/mol. The summed E-state index contributed by atoms with van der Waals surface area (Å²) in [4.78, 5) is 0. The molecule has 0 bridgehead atoms. The van der Waals surface area contributed by atoms with E-state index in [0.717, 1.165) is 48.6 Å². The standard InChI is InChI=1S/C11H16BrN3O/c1-8-10(6-11(12)15-14-8)13-7-9-2-4-16-5-3-9/h6,9H,2-5,7H2,1H3,(H,13,15). The van der Waals surface area contributed by atoms with Gasteiger partial charge in [0, 0.05) is 19.8 Å². The van der Waals surface area contributed by atoms with Crippen molar-refractivity contribution < 1.29 is 4.74 Å². The third-order valence-corrected chi connectivity index (χ3v) is 3.26. The highest BCUT2D eigenvalue weighted by atomic mass is 79.9. The smallest absolute Gasteiger partial charge is 0.130 e. The molecule has 0 unspecified atom stereocenters. The second kappa shape index (κ2) is 5.59. The minimum Gasteiger partial charge on any atom is -0.383 e. The van der Waals surface area contributed by atoms with E-state index in [1.54, 1.807) is 0 Å². The first-order chi connectivity index (χ1) is 7.75. The van der Waals surface area contributed by atoms with Crippen LogP contribution in [0.1, 0.15) is 18.5 Å². The highest BCUT2D eigenvalue weighted by Gasteiger charge is 2.13. The van der Waals surface area contributed by atoms with Crippen molar-refractivity contribution in [2.45, 2.75) is 19.8 Å². The first-order valence-electron chi connectivity index (χ1n) is 5.57. The molecular formula is C11H16BrN3O. The van der Waals surface area contributed by atoms with Gasteiger partial charge in [0.2, 0.25) is 0 Å². The molecule has 1 fully saturated rings. The van der Waals surface area contributed by atoms with Gasteiger partial charge < -0.3 is 10.1 Å². The topological polar surface area (TPSA) is 47.0 Å². The number of aryl methyl sites for hydroxylation is 1. The Balaban J connectivity index is 1.90. The molecule has 1 aromatic rings. The van der Waals surface area contributed by atoms with Gasteiger partial charge in [-0.1, -0.05) is 0 Å². The minimum atomic E-state index is 0.708. The molecule has 0 saturated carbocycles. The summed E-state index contributed by atoms with van der Waals surface area (Å²) in [5.41, 5.74) is 2.00. The molecule has 88 valence electrons. The van der Waals surface area contributed by atoms with Gasteiger partial charge in [-0.25, -0.2) is 0 Å². The Bertz CT molecular complexity index is 353. The lowest BCUT2D eigenvalue weighted by Crippen LogP contribution is -2.23. The summed E-state index contributed by atoms with van der Waals surface area (Å²) < 4.78 is 6.11. The summed E-state index contributed by atoms with van der Waals surface area (Å²) in [5, 5.41) is 11.4. The molecule has 16 heavy (non-hydrogen) atoms. The van der Waals surface area contributed by atoms with Gasteiger partial charge in [0.25, 0.3) is 0 Å². The number of nitrogens with zero attached hydrogens (tertiary/aromatic N) is 2. The van der Waals surface area contributed by atoms with E-state index >= 15 is 0 Å². The maximum Gasteiger partial charge on any atom is 0.130 e. The van der Waals surface area contributed by atoms with E-state index in [1.165, 1.54) is 0 Å². The van der Waals surface area contributed by atoms with Gasteiger partial charge in [-0.05, 0) is 47.7 Å².